The highest BCUT2D eigenvalue weighted by Crippen LogP contribution is 2.01. The van der Waals surface area contributed by atoms with E-state index in [9.17, 15) is 9.59 Å². The van der Waals surface area contributed by atoms with Gasteiger partial charge in [0.1, 0.15) is 6.61 Å². The molecule has 0 atom stereocenters. The minimum absolute atomic E-state index is 0.0150. The molecule has 8 heavy (non-hydrogen) atoms. The molecule has 0 N–H and O–H groups in total. The molecule has 44 valence electrons. The molecule has 0 aliphatic carbocycles. The Hall–Kier alpha value is -0.860. The van der Waals surface area contributed by atoms with Crippen LogP contribution in [0.2, 0.25) is 0 Å². The van der Waals surface area contributed by atoms with Gasteiger partial charge in [-0.15, -0.1) is 0 Å². The third kappa shape index (κ3) is 1.05. The molecule has 3 heteroatoms. The Balaban J connectivity index is 2.40. The Bertz CT molecular complexity index is 99.6. The van der Waals surface area contributed by atoms with E-state index in [1.165, 1.54) is 0 Å². The molecule has 0 radical (unpaired) electrons. The third-order valence-corrected chi connectivity index (χ3v) is 1.00. The lowest BCUT2D eigenvalue weighted by Gasteiger charge is -2.07. The van der Waals surface area contributed by atoms with E-state index in [1.54, 1.807) is 0 Å². The number of hydrogen-bond acceptors (Lipinski definition) is 3. The van der Waals surface area contributed by atoms with Crippen molar-refractivity contribution in [2.75, 3.05) is 6.61 Å². The van der Waals surface area contributed by atoms with Gasteiger partial charge in [0.15, 0.2) is 5.78 Å². The summed E-state index contributed by atoms with van der Waals surface area (Å²) in [5, 5.41) is 0. The second-order valence-electron chi connectivity index (χ2n) is 1.70. The summed E-state index contributed by atoms with van der Waals surface area (Å²) in [6.45, 7) is -0.0150. The lowest BCUT2D eigenvalue weighted by Crippen LogP contribution is -2.20. The predicted octanol–water partition coefficient (Wildman–Crippen LogP) is -0.108. The van der Waals surface area contributed by atoms with Gasteiger partial charge in [0.2, 0.25) is 0 Å². The maximum Gasteiger partial charge on any atom is 0.306 e. The SMILES string of the molecule is O=C1CCC(=O)OC1. The van der Waals surface area contributed by atoms with Crippen LogP contribution in [0.1, 0.15) is 12.8 Å². The summed E-state index contributed by atoms with van der Waals surface area (Å²) in [7, 11) is 0. The van der Waals surface area contributed by atoms with Gasteiger partial charge in [0.05, 0.1) is 6.42 Å². The number of carbonyl (C=O) groups is 2. The summed E-state index contributed by atoms with van der Waals surface area (Å²) in [6.07, 6.45) is 0.623. The lowest BCUT2D eigenvalue weighted by molar-refractivity contribution is -0.152. The molecular weight excluding hydrogens is 108 g/mol. The number of esters is 1. The highest BCUT2D eigenvalue weighted by Gasteiger charge is 2.14. The molecule has 1 heterocycles. The lowest BCUT2D eigenvalue weighted by atomic mass is 10.2. The van der Waals surface area contributed by atoms with Crippen molar-refractivity contribution in [2.24, 2.45) is 0 Å². The zero-order valence-corrected chi connectivity index (χ0v) is 4.35. The fourth-order valence-electron chi connectivity index (χ4n) is 0.547. The summed E-state index contributed by atoms with van der Waals surface area (Å²) in [4.78, 5) is 20.6. The minimum atomic E-state index is -0.260. The normalized spacial score (nSPS) is 20.5. The van der Waals surface area contributed by atoms with Crippen LogP contribution in [0.4, 0.5) is 0 Å². The molecule has 3 nitrogen and oxygen atoms in total. The number of Topliss-reactive ketones (excluding diaryl/α,β-unsaturated/α-hetero) is 1. The summed E-state index contributed by atoms with van der Waals surface area (Å²) >= 11 is 0. The van der Waals surface area contributed by atoms with E-state index in [4.69, 9.17) is 0 Å². The monoisotopic (exact) mass is 114 g/mol. The molecule has 0 saturated carbocycles. The first-order valence-electron chi connectivity index (χ1n) is 2.46. The number of ether oxygens (including phenoxy) is 1. The van der Waals surface area contributed by atoms with Crippen molar-refractivity contribution < 1.29 is 14.3 Å². The summed E-state index contributed by atoms with van der Waals surface area (Å²) in [6, 6.07) is 0. The summed E-state index contributed by atoms with van der Waals surface area (Å²) in [5.74, 6) is -0.241. The van der Waals surface area contributed by atoms with Gasteiger partial charge in [-0.3, -0.25) is 9.59 Å². The molecule has 0 bridgehead atoms. The van der Waals surface area contributed by atoms with Crippen molar-refractivity contribution in [3.63, 3.8) is 0 Å². The Morgan fingerprint density at radius 1 is 1.25 bits per heavy atom. The highest BCUT2D eigenvalue weighted by atomic mass is 16.5. The predicted molar refractivity (Wildman–Crippen MR) is 25.2 cm³/mol. The van der Waals surface area contributed by atoms with Crippen LogP contribution in [0.25, 0.3) is 0 Å². The Labute approximate surface area is 46.6 Å². The molecule has 1 aliphatic rings. The topological polar surface area (TPSA) is 43.4 Å². The Kier molecular flexibility index (Phi) is 1.28. The maximum absolute atomic E-state index is 10.3. The molecule has 1 saturated heterocycles. The van der Waals surface area contributed by atoms with E-state index in [2.05, 4.69) is 4.74 Å². The van der Waals surface area contributed by atoms with Crippen LogP contribution in [0, 0.1) is 0 Å². The van der Waals surface area contributed by atoms with Gasteiger partial charge in [0, 0.05) is 6.42 Å². The van der Waals surface area contributed by atoms with Crippen molar-refractivity contribution in [3.05, 3.63) is 0 Å². The molecular formula is C5H6O3. The Morgan fingerprint density at radius 3 is 2.38 bits per heavy atom. The van der Waals surface area contributed by atoms with Crippen LogP contribution >= 0.6 is 0 Å². The van der Waals surface area contributed by atoms with E-state index >= 15 is 0 Å². The zero-order valence-electron chi connectivity index (χ0n) is 4.35. The van der Waals surface area contributed by atoms with Gasteiger partial charge < -0.3 is 4.74 Å². The molecule has 0 spiro atoms. The van der Waals surface area contributed by atoms with Crippen molar-refractivity contribution >= 4 is 11.8 Å². The molecule has 0 aromatic heterocycles. The standard InChI is InChI=1S/C5H6O3/c6-4-1-2-5(7)8-3-4/h1-3H2. The number of ketones is 1. The summed E-state index contributed by atoms with van der Waals surface area (Å²) < 4.78 is 4.40. The molecule has 0 aromatic rings. The fraction of sp³-hybridized carbons (Fsp3) is 0.600. The van der Waals surface area contributed by atoms with E-state index < -0.39 is 0 Å². The molecule has 0 aromatic carbocycles. The van der Waals surface area contributed by atoms with Gasteiger partial charge in [0.25, 0.3) is 0 Å². The molecule has 0 unspecified atom stereocenters. The highest BCUT2D eigenvalue weighted by molar-refractivity contribution is 5.88. The first-order chi connectivity index (χ1) is 3.79. The number of rotatable bonds is 0. The van der Waals surface area contributed by atoms with Gasteiger partial charge in [-0.2, -0.15) is 0 Å². The maximum atomic E-state index is 10.3. The van der Waals surface area contributed by atoms with Crippen LogP contribution in [-0.2, 0) is 14.3 Å². The first-order valence-corrected chi connectivity index (χ1v) is 2.46. The largest absolute Gasteiger partial charge is 0.458 e. The quantitative estimate of drug-likeness (QED) is 0.413. The molecule has 1 rings (SSSR count). The minimum Gasteiger partial charge on any atom is -0.458 e. The second-order valence-corrected chi connectivity index (χ2v) is 1.70. The van der Waals surface area contributed by atoms with Crippen LogP contribution in [-0.4, -0.2) is 18.4 Å². The molecule has 0 amide bonds. The molecule has 1 fully saturated rings. The van der Waals surface area contributed by atoms with Crippen molar-refractivity contribution in [1.29, 1.82) is 0 Å². The van der Waals surface area contributed by atoms with Gasteiger partial charge in [-0.05, 0) is 0 Å². The van der Waals surface area contributed by atoms with E-state index in [0.717, 1.165) is 0 Å². The summed E-state index contributed by atoms with van der Waals surface area (Å²) in [5.41, 5.74) is 0. The van der Waals surface area contributed by atoms with Crippen molar-refractivity contribution in [3.8, 4) is 0 Å². The first kappa shape index (κ1) is 5.28. The number of cyclic esters (lactones) is 1. The van der Waals surface area contributed by atoms with Gasteiger partial charge in [-0.1, -0.05) is 0 Å². The van der Waals surface area contributed by atoms with Crippen LogP contribution in [0.15, 0.2) is 0 Å². The van der Waals surface area contributed by atoms with Crippen LogP contribution in [0.5, 0.6) is 0 Å². The number of hydrogen-bond donors (Lipinski definition) is 0. The zero-order chi connectivity index (χ0) is 5.98. The smallest absolute Gasteiger partial charge is 0.306 e. The van der Waals surface area contributed by atoms with Crippen molar-refractivity contribution in [2.45, 2.75) is 12.8 Å². The second kappa shape index (κ2) is 1.94. The van der Waals surface area contributed by atoms with Crippen LogP contribution < -0.4 is 0 Å². The molecule has 1 aliphatic heterocycles. The van der Waals surface area contributed by atoms with Gasteiger partial charge in [-0.25, -0.2) is 0 Å². The average molecular weight is 114 g/mol. The third-order valence-electron chi connectivity index (χ3n) is 1.00. The number of carbonyl (C=O) groups excluding carboxylic acids is 2. The van der Waals surface area contributed by atoms with E-state index in [-0.39, 0.29) is 24.8 Å². The van der Waals surface area contributed by atoms with Crippen molar-refractivity contribution in [1.82, 2.24) is 0 Å². The van der Waals surface area contributed by atoms with E-state index in [0.29, 0.717) is 6.42 Å². The Morgan fingerprint density at radius 2 is 2.00 bits per heavy atom. The van der Waals surface area contributed by atoms with E-state index in [1.807, 2.05) is 0 Å². The van der Waals surface area contributed by atoms with Gasteiger partial charge >= 0.3 is 5.97 Å². The fourth-order valence-corrected chi connectivity index (χ4v) is 0.547. The average Bonchev–Trinajstić information content (AvgIpc) is 1.77. The van der Waals surface area contributed by atoms with Crippen LogP contribution in [0.3, 0.4) is 0 Å².